The fourth-order valence-electron chi connectivity index (χ4n) is 2.78. The zero-order valence-electron chi connectivity index (χ0n) is 12.8. The Morgan fingerprint density at radius 3 is 1.55 bits per heavy atom. The van der Waals surface area contributed by atoms with Crippen molar-refractivity contribution in [3.05, 3.63) is 71.8 Å². The molecule has 2 N–H and O–H groups in total. The van der Waals surface area contributed by atoms with E-state index in [2.05, 4.69) is 0 Å². The molecule has 2 aromatic rings. The van der Waals surface area contributed by atoms with E-state index in [1.807, 2.05) is 74.0 Å². The Hall–Kier alpha value is -1.02. The van der Waals surface area contributed by atoms with Crippen LogP contribution in [-0.2, 0) is 21.2 Å². The summed E-state index contributed by atoms with van der Waals surface area (Å²) in [6.45, 7) is 0.641. The molecule has 0 aliphatic carbocycles. The Morgan fingerprint density at radius 2 is 1.23 bits per heavy atom. The SMILES string of the molecule is CP(C)(Cc1ccccc1)(Cc1ccccc1)OP(=O)(O)O. The summed E-state index contributed by atoms with van der Waals surface area (Å²) >= 11 is 0. The van der Waals surface area contributed by atoms with Crippen LogP contribution in [0.1, 0.15) is 11.1 Å². The van der Waals surface area contributed by atoms with Crippen LogP contribution in [-0.4, -0.2) is 23.1 Å². The predicted octanol–water partition coefficient (Wildman–Crippen LogP) is 4.22. The molecule has 22 heavy (non-hydrogen) atoms. The zero-order valence-corrected chi connectivity index (χ0v) is 14.6. The summed E-state index contributed by atoms with van der Waals surface area (Å²) in [5.41, 5.74) is 2.05. The third-order valence-electron chi connectivity index (χ3n) is 3.42. The van der Waals surface area contributed by atoms with Crippen molar-refractivity contribution in [3.63, 3.8) is 0 Å². The van der Waals surface area contributed by atoms with Gasteiger partial charge < -0.3 is 0 Å². The molecule has 0 bridgehead atoms. The van der Waals surface area contributed by atoms with Gasteiger partial charge in [0.05, 0.1) is 0 Å². The first-order valence-electron chi connectivity index (χ1n) is 7.00. The standard InChI is InChI=1S/C16H22O4P2/c1-22(2,20-21(17,18)19,13-15-9-5-3-6-10-15)14-16-11-7-4-8-12-16/h3-12H,13-14H2,1-2H3,(H2,17,18,19). The van der Waals surface area contributed by atoms with Gasteiger partial charge in [-0.2, -0.15) is 0 Å². The van der Waals surface area contributed by atoms with E-state index in [4.69, 9.17) is 4.31 Å². The first-order valence-corrected chi connectivity index (χ1v) is 12.0. The summed E-state index contributed by atoms with van der Waals surface area (Å²) in [7, 11) is -4.57. The monoisotopic (exact) mass is 340 g/mol. The number of hydrogen-bond acceptors (Lipinski definition) is 2. The van der Waals surface area contributed by atoms with E-state index in [9.17, 15) is 14.4 Å². The molecular formula is C16H22O4P2. The van der Waals surface area contributed by atoms with E-state index in [1.165, 1.54) is 0 Å². The van der Waals surface area contributed by atoms with Crippen LogP contribution < -0.4 is 0 Å². The van der Waals surface area contributed by atoms with Gasteiger partial charge in [-0.15, -0.1) is 0 Å². The van der Waals surface area contributed by atoms with Gasteiger partial charge in [-0.1, -0.05) is 0 Å². The van der Waals surface area contributed by atoms with Crippen molar-refractivity contribution in [1.29, 1.82) is 0 Å². The van der Waals surface area contributed by atoms with Gasteiger partial charge in [-0.3, -0.25) is 0 Å². The van der Waals surface area contributed by atoms with Crippen molar-refractivity contribution in [1.82, 2.24) is 0 Å². The summed E-state index contributed by atoms with van der Waals surface area (Å²) in [6, 6.07) is 19.4. The fourth-order valence-corrected chi connectivity index (χ4v) is 8.96. The molecule has 0 aromatic heterocycles. The molecule has 0 atom stereocenters. The maximum absolute atomic E-state index is 11.5. The van der Waals surface area contributed by atoms with Crippen LogP contribution in [0, 0.1) is 0 Å². The van der Waals surface area contributed by atoms with Crippen molar-refractivity contribution in [2.24, 2.45) is 0 Å². The third-order valence-corrected chi connectivity index (χ3v) is 9.20. The predicted molar refractivity (Wildman–Crippen MR) is 92.2 cm³/mol. The number of rotatable bonds is 6. The Kier molecular flexibility index (Phi) is 4.91. The maximum atomic E-state index is 11.5. The van der Waals surface area contributed by atoms with Crippen LogP contribution in [0.5, 0.6) is 0 Å². The van der Waals surface area contributed by atoms with E-state index in [0.29, 0.717) is 12.3 Å². The normalized spacial score (nSPS) is 14.3. The second-order valence-electron chi connectivity index (χ2n) is 6.42. The molecule has 0 aliphatic heterocycles. The van der Waals surface area contributed by atoms with Crippen LogP contribution in [0.2, 0.25) is 0 Å². The van der Waals surface area contributed by atoms with Gasteiger partial charge in [0.1, 0.15) is 0 Å². The minimum absolute atomic E-state index is 0.520. The summed E-state index contributed by atoms with van der Waals surface area (Å²) < 4.78 is 17.0. The number of phosphoric acid groups is 1. The Morgan fingerprint density at radius 1 is 0.864 bits per heavy atom. The van der Waals surface area contributed by atoms with Crippen molar-refractivity contribution in [2.45, 2.75) is 12.3 Å². The van der Waals surface area contributed by atoms with Crippen LogP contribution in [0.3, 0.4) is 0 Å². The molecule has 120 valence electrons. The van der Waals surface area contributed by atoms with Gasteiger partial charge in [0.25, 0.3) is 0 Å². The molecule has 0 fully saturated rings. The molecule has 0 unspecified atom stereocenters. The first-order chi connectivity index (χ1) is 10.1. The Bertz CT molecular complexity index is 620. The summed E-state index contributed by atoms with van der Waals surface area (Å²) in [5, 5.41) is 0. The summed E-state index contributed by atoms with van der Waals surface area (Å²) in [6.07, 6.45) is 1.04. The molecular weight excluding hydrogens is 318 g/mol. The molecule has 2 aromatic carbocycles. The van der Waals surface area contributed by atoms with E-state index < -0.39 is 14.7 Å². The van der Waals surface area contributed by atoms with Crippen molar-refractivity contribution in [3.8, 4) is 0 Å². The van der Waals surface area contributed by atoms with Gasteiger partial charge in [-0.25, -0.2) is 0 Å². The quantitative estimate of drug-likeness (QED) is 0.773. The van der Waals surface area contributed by atoms with Crippen LogP contribution in [0.4, 0.5) is 0 Å². The number of hydrogen-bond donors (Lipinski definition) is 2. The van der Waals surface area contributed by atoms with Crippen molar-refractivity contribution >= 4 is 14.7 Å². The molecule has 2 rings (SSSR count). The van der Waals surface area contributed by atoms with Crippen LogP contribution in [0.15, 0.2) is 60.7 Å². The summed E-state index contributed by atoms with van der Waals surface area (Å²) in [5.74, 6) is 0. The molecule has 0 saturated heterocycles. The van der Waals surface area contributed by atoms with E-state index in [1.54, 1.807) is 0 Å². The topological polar surface area (TPSA) is 66.8 Å². The molecule has 0 amide bonds. The Balaban J connectivity index is 2.37. The van der Waals surface area contributed by atoms with Gasteiger partial charge in [0, 0.05) is 0 Å². The van der Waals surface area contributed by atoms with E-state index in [0.717, 1.165) is 11.1 Å². The molecule has 6 heteroatoms. The summed E-state index contributed by atoms with van der Waals surface area (Å²) in [4.78, 5) is 18.8. The average molecular weight is 340 g/mol. The third kappa shape index (κ3) is 5.31. The number of benzene rings is 2. The molecule has 0 saturated carbocycles. The zero-order chi connectivity index (χ0) is 16.3. The second-order valence-corrected chi connectivity index (χ2v) is 13.8. The molecule has 0 aliphatic rings. The van der Waals surface area contributed by atoms with E-state index in [-0.39, 0.29) is 0 Å². The fraction of sp³-hybridized carbons (Fsp3) is 0.250. The molecule has 0 radical (unpaired) electrons. The van der Waals surface area contributed by atoms with Gasteiger partial charge in [-0.05, 0) is 0 Å². The first kappa shape index (κ1) is 17.3. The van der Waals surface area contributed by atoms with Crippen molar-refractivity contribution in [2.75, 3.05) is 13.3 Å². The van der Waals surface area contributed by atoms with Crippen LogP contribution in [0.25, 0.3) is 0 Å². The molecule has 4 nitrogen and oxygen atoms in total. The minimum atomic E-state index is -4.57. The van der Waals surface area contributed by atoms with Crippen LogP contribution >= 0.6 is 14.7 Å². The molecule has 0 spiro atoms. The Labute approximate surface area is 131 Å². The van der Waals surface area contributed by atoms with Gasteiger partial charge >= 0.3 is 131 Å². The second kappa shape index (κ2) is 6.23. The van der Waals surface area contributed by atoms with Gasteiger partial charge in [0.15, 0.2) is 0 Å². The van der Waals surface area contributed by atoms with Crippen molar-refractivity contribution < 1.29 is 18.7 Å². The van der Waals surface area contributed by atoms with E-state index >= 15 is 0 Å². The van der Waals surface area contributed by atoms with Gasteiger partial charge in [0.2, 0.25) is 0 Å². The molecule has 0 heterocycles. The average Bonchev–Trinajstić information content (AvgIpc) is 2.37.